The third kappa shape index (κ3) is 3.21. The van der Waals surface area contributed by atoms with Crippen LogP contribution < -0.4 is 5.32 Å². The molecule has 0 aliphatic rings. The second-order valence-electron chi connectivity index (χ2n) is 6.35. The Labute approximate surface area is 160 Å². The summed E-state index contributed by atoms with van der Waals surface area (Å²) in [5.74, 6) is -0.518. The number of benzene rings is 2. The van der Waals surface area contributed by atoms with Gasteiger partial charge in [-0.1, -0.05) is 30.3 Å². The summed E-state index contributed by atoms with van der Waals surface area (Å²) in [6.45, 7) is 1.61. The molecule has 1 N–H and O–H groups in total. The van der Waals surface area contributed by atoms with Crippen LogP contribution in [0.3, 0.4) is 0 Å². The number of anilines is 1. The van der Waals surface area contributed by atoms with Gasteiger partial charge in [0, 0.05) is 29.2 Å². The van der Waals surface area contributed by atoms with Gasteiger partial charge in [-0.2, -0.15) is 0 Å². The zero-order valence-corrected chi connectivity index (χ0v) is 15.0. The van der Waals surface area contributed by atoms with Crippen molar-refractivity contribution in [1.82, 2.24) is 9.38 Å². The van der Waals surface area contributed by atoms with Crippen molar-refractivity contribution < 1.29 is 9.72 Å². The maximum absolute atomic E-state index is 12.5. The zero-order valence-electron chi connectivity index (χ0n) is 15.0. The standard InChI is InChI=1S/C21H16N4O3/c1-14-5-4-6-17(20(14)25(27)28)21(26)22-16-10-8-15(9-11-16)18-13-24-12-3-2-7-19(24)23-18/h2-13H,1H3,(H,22,26). The first-order valence-electron chi connectivity index (χ1n) is 8.62. The molecule has 0 saturated heterocycles. The minimum atomic E-state index is -0.531. The molecule has 7 heteroatoms. The van der Waals surface area contributed by atoms with E-state index in [1.165, 1.54) is 6.07 Å². The monoisotopic (exact) mass is 372 g/mol. The van der Waals surface area contributed by atoms with Gasteiger partial charge in [0.15, 0.2) is 0 Å². The first kappa shape index (κ1) is 17.4. The number of carbonyl (C=O) groups excluding carboxylic acids is 1. The normalized spacial score (nSPS) is 10.8. The molecule has 0 saturated carbocycles. The number of hydrogen-bond acceptors (Lipinski definition) is 4. The van der Waals surface area contributed by atoms with Gasteiger partial charge in [0.2, 0.25) is 0 Å². The van der Waals surface area contributed by atoms with E-state index in [1.807, 2.05) is 47.1 Å². The summed E-state index contributed by atoms with van der Waals surface area (Å²) in [5, 5.41) is 14.0. The molecule has 4 rings (SSSR count). The van der Waals surface area contributed by atoms with Crippen molar-refractivity contribution in [2.45, 2.75) is 6.92 Å². The van der Waals surface area contributed by atoms with Crippen molar-refractivity contribution in [3.05, 3.63) is 94.3 Å². The number of nitrogens with one attached hydrogen (secondary N) is 1. The highest BCUT2D eigenvalue weighted by Crippen LogP contribution is 2.25. The van der Waals surface area contributed by atoms with Crippen molar-refractivity contribution >= 4 is 22.9 Å². The van der Waals surface area contributed by atoms with Crippen molar-refractivity contribution in [3.63, 3.8) is 0 Å². The zero-order chi connectivity index (χ0) is 19.7. The highest BCUT2D eigenvalue weighted by atomic mass is 16.6. The highest BCUT2D eigenvalue weighted by Gasteiger charge is 2.22. The molecule has 4 aromatic rings. The number of aromatic nitrogens is 2. The highest BCUT2D eigenvalue weighted by molar-refractivity contribution is 6.07. The summed E-state index contributed by atoms with van der Waals surface area (Å²) in [6.07, 6.45) is 3.86. The number of rotatable bonds is 4. The molecule has 0 unspecified atom stereocenters. The Morgan fingerprint density at radius 2 is 1.86 bits per heavy atom. The summed E-state index contributed by atoms with van der Waals surface area (Å²) in [4.78, 5) is 27.9. The van der Waals surface area contributed by atoms with E-state index >= 15 is 0 Å². The lowest BCUT2D eigenvalue weighted by molar-refractivity contribution is -0.385. The van der Waals surface area contributed by atoms with Gasteiger partial charge in [-0.3, -0.25) is 14.9 Å². The van der Waals surface area contributed by atoms with Gasteiger partial charge in [-0.15, -0.1) is 0 Å². The Hall–Kier alpha value is -4.00. The second-order valence-corrected chi connectivity index (χ2v) is 6.35. The van der Waals surface area contributed by atoms with Crippen LogP contribution in [0, 0.1) is 17.0 Å². The van der Waals surface area contributed by atoms with E-state index < -0.39 is 10.8 Å². The predicted molar refractivity (Wildman–Crippen MR) is 106 cm³/mol. The lowest BCUT2D eigenvalue weighted by Crippen LogP contribution is -2.14. The molecule has 2 aromatic heterocycles. The molecule has 0 radical (unpaired) electrons. The van der Waals surface area contributed by atoms with Crippen LogP contribution in [0.4, 0.5) is 11.4 Å². The second kappa shape index (κ2) is 6.96. The molecule has 0 aliphatic heterocycles. The van der Waals surface area contributed by atoms with Gasteiger partial charge in [0.1, 0.15) is 11.2 Å². The van der Waals surface area contributed by atoms with Crippen LogP contribution >= 0.6 is 0 Å². The van der Waals surface area contributed by atoms with E-state index in [9.17, 15) is 14.9 Å². The molecule has 0 spiro atoms. The minimum Gasteiger partial charge on any atom is -0.322 e. The van der Waals surface area contributed by atoms with E-state index in [0.717, 1.165) is 16.9 Å². The lowest BCUT2D eigenvalue weighted by Gasteiger charge is -2.08. The van der Waals surface area contributed by atoms with Crippen molar-refractivity contribution in [3.8, 4) is 11.3 Å². The lowest BCUT2D eigenvalue weighted by atomic mass is 10.1. The fourth-order valence-corrected chi connectivity index (χ4v) is 3.08. The third-order valence-electron chi connectivity index (χ3n) is 4.47. The van der Waals surface area contributed by atoms with Gasteiger partial charge < -0.3 is 9.72 Å². The van der Waals surface area contributed by atoms with Crippen molar-refractivity contribution in [1.29, 1.82) is 0 Å². The number of hydrogen-bond donors (Lipinski definition) is 1. The Morgan fingerprint density at radius 3 is 2.57 bits per heavy atom. The largest absolute Gasteiger partial charge is 0.322 e. The molecule has 28 heavy (non-hydrogen) atoms. The molecule has 2 heterocycles. The van der Waals surface area contributed by atoms with Crippen LogP contribution in [-0.4, -0.2) is 20.2 Å². The number of para-hydroxylation sites is 1. The smallest absolute Gasteiger partial charge is 0.285 e. The van der Waals surface area contributed by atoms with E-state index in [4.69, 9.17) is 0 Å². The fraction of sp³-hybridized carbons (Fsp3) is 0.0476. The summed E-state index contributed by atoms with van der Waals surface area (Å²) >= 11 is 0. The van der Waals surface area contributed by atoms with Gasteiger partial charge in [-0.25, -0.2) is 4.98 Å². The Kier molecular flexibility index (Phi) is 4.33. The molecule has 138 valence electrons. The Balaban J connectivity index is 1.57. The van der Waals surface area contributed by atoms with Gasteiger partial charge >= 0.3 is 0 Å². The summed E-state index contributed by atoms with van der Waals surface area (Å²) in [6, 6.07) is 17.7. The average molecular weight is 372 g/mol. The average Bonchev–Trinajstić information content (AvgIpc) is 3.12. The van der Waals surface area contributed by atoms with Crippen LogP contribution in [0.5, 0.6) is 0 Å². The van der Waals surface area contributed by atoms with Crippen LogP contribution in [0.2, 0.25) is 0 Å². The summed E-state index contributed by atoms with van der Waals surface area (Å²) < 4.78 is 1.93. The fourth-order valence-electron chi connectivity index (χ4n) is 3.08. The van der Waals surface area contributed by atoms with Crippen LogP contribution in [-0.2, 0) is 0 Å². The molecule has 7 nitrogen and oxygen atoms in total. The van der Waals surface area contributed by atoms with E-state index in [1.54, 1.807) is 31.2 Å². The van der Waals surface area contributed by atoms with Crippen molar-refractivity contribution in [2.75, 3.05) is 5.32 Å². The third-order valence-corrected chi connectivity index (χ3v) is 4.47. The summed E-state index contributed by atoms with van der Waals surface area (Å²) in [5.41, 5.74) is 3.42. The number of fused-ring (bicyclic) bond motifs is 1. The number of nitro benzene ring substituents is 1. The molecule has 0 fully saturated rings. The predicted octanol–water partition coefficient (Wildman–Crippen LogP) is 4.47. The SMILES string of the molecule is Cc1cccc(C(=O)Nc2ccc(-c3cn4ccccc4n3)cc2)c1[N+](=O)[O-]. The molecular formula is C21H16N4O3. The van der Waals surface area contributed by atoms with E-state index in [2.05, 4.69) is 10.3 Å². The summed E-state index contributed by atoms with van der Waals surface area (Å²) in [7, 11) is 0. The van der Waals surface area contributed by atoms with E-state index in [-0.39, 0.29) is 11.3 Å². The number of nitro groups is 1. The maximum Gasteiger partial charge on any atom is 0.285 e. The van der Waals surface area contributed by atoms with Gasteiger partial charge in [-0.05, 0) is 37.3 Å². The quantitative estimate of drug-likeness (QED) is 0.423. The van der Waals surface area contributed by atoms with Crippen molar-refractivity contribution in [2.24, 2.45) is 0 Å². The molecular weight excluding hydrogens is 356 g/mol. The number of aryl methyl sites for hydroxylation is 1. The first-order valence-corrected chi connectivity index (χ1v) is 8.62. The number of carbonyl (C=O) groups is 1. The number of pyridine rings is 1. The van der Waals surface area contributed by atoms with Crippen LogP contribution in [0.25, 0.3) is 16.9 Å². The van der Waals surface area contributed by atoms with E-state index in [0.29, 0.717) is 11.3 Å². The Morgan fingerprint density at radius 1 is 1.07 bits per heavy atom. The molecule has 0 atom stereocenters. The van der Waals surface area contributed by atoms with Crippen LogP contribution in [0.1, 0.15) is 15.9 Å². The molecule has 1 amide bonds. The maximum atomic E-state index is 12.5. The molecule has 0 bridgehead atoms. The van der Waals surface area contributed by atoms with Gasteiger partial charge in [0.25, 0.3) is 11.6 Å². The number of nitrogens with zero attached hydrogens (tertiary/aromatic N) is 3. The topological polar surface area (TPSA) is 89.5 Å². The van der Waals surface area contributed by atoms with Crippen LogP contribution in [0.15, 0.2) is 73.1 Å². The minimum absolute atomic E-state index is 0.0365. The first-order chi connectivity index (χ1) is 13.5. The molecule has 2 aromatic carbocycles. The Bertz CT molecular complexity index is 1160. The molecule has 0 aliphatic carbocycles. The van der Waals surface area contributed by atoms with Gasteiger partial charge in [0.05, 0.1) is 10.6 Å². The number of imidazole rings is 1. The number of amides is 1.